The zero-order chi connectivity index (χ0) is 20.8. The van der Waals surface area contributed by atoms with Crippen LogP contribution in [0.2, 0.25) is 0 Å². The number of carbonyl (C=O) groups excluding carboxylic acids is 1. The Morgan fingerprint density at radius 2 is 1.72 bits per heavy atom. The quantitative estimate of drug-likeness (QED) is 0.526. The third-order valence-corrected chi connectivity index (χ3v) is 5.48. The van der Waals surface area contributed by atoms with Gasteiger partial charge in [-0.2, -0.15) is 0 Å². The molecule has 0 bridgehead atoms. The van der Waals surface area contributed by atoms with Crippen molar-refractivity contribution >= 4 is 38.7 Å². The Labute approximate surface area is 175 Å². The van der Waals surface area contributed by atoms with Gasteiger partial charge in [0.05, 0.1) is 14.2 Å². The number of methoxy groups -OCH3 is 2. The fourth-order valence-electron chi connectivity index (χ4n) is 2.81. The Bertz CT molecular complexity index is 958. The summed E-state index contributed by atoms with van der Waals surface area (Å²) in [6.07, 6.45) is 3.41. The molecule has 0 N–H and O–H groups in total. The molecule has 0 fully saturated rings. The van der Waals surface area contributed by atoms with Crippen LogP contribution in [0.15, 0.2) is 48.5 Å². The monoisotopic (exact) mass is 411 g/mol. The van der Waals surface area contributed by atoms with E-state index < -0.39 is 0 Å². The average Bonchev–Trinajstić information content (AvgIpc) is 3.17. The zero-order valence-corrected chi connectivity index (χ0v) is 17.9. The van der Waals surface area contributed by atoms with Gasteiger partial charge in [0.25, 0.3) is 5.91 Å². The molecule has 1 aromatic heterocycles. The van der Waals surface area contributed by atoms with Crippen molar-refractivity contribution in [3.05, 3.63) is 54.1 Å². The first kappa shape index (κ1) is 20.8. The lowest BCUT2D eigenvalue weighted by Gasteiger charge is -2.20. The van der Waals surface area contributed by atoms with Crippen molar-refractivity contribution in [3.63, 3.8) is 0 Å². The number of likely N-dealkylation sites (N-methyl/N-ethyl adjacent to an activating group) is 1. The van der Waals surface area contributed by atoms with Crippen molar-refractivity contribution in [2.75, 3.05) is 46.3 Å². The predicted molar refractivity (Wildman–Crippen MR) is 119 cm³/mol. The molecule has 6 nitrogen and oxygen atoms in total. The first-order chi connectivity index (χ1) is 14.0. The molecule has 7 heteroatoms. The zero-order valence-electron chi connectivity index (χ0n) is 17.1. The first-order valence-corrected chi connectivity index (χ1v) is 10.1. The number of carbonyl (C=O) groups is 1. The number of amides is 1. The fourth-order valence-corrected chi connectivity index (χ4v) is 3.92. The van der Waals surface area contributed by atoms with Crippen molar-refractivity contribution in [2.45, 2.75) is 0 Å². The Morgan fingerprint density at radius 1 is 1.03 bits per heavy atom. The SMILES string of the molecule is COc1ccc(OC)c2sc(N(CCN(C)C)C(=O)/C=C/c3ccccc3)nc12. The summed E-state index contributed by atoms with van der Waals surface area (Å²) in [6.45, 7) is 1.24. The molecule has 0 unspecified atom stereocenters. The standard InChI is InChI=1S/C22H25N3O3S/c1-24(2)14-15-25(19(26)13-10-16-8-6-5-7-9-16)22-23-20-17(27-3)11-12-18(28-4)21(20)29-22/h5-13H,14-15H2,1-4H3/b13-10+. The molecule has 0 aliphatic rings. The lowest BCUT2D eigenvalue weighted by Crippen LogP contribution is -2.35. The Hall–Kier alpha value is -2.90. The largest absolute Gasteiger partial charge is 0.495 e. The van der Waals surface area contributed by atoms with Gasteiger partial charge in [0.2, 0.25) is 0 Å². The molecule has 1 amide bonds. The molecular formula is C22H25N3O3S. The maximum absolute atomic E-state index is 13.0. The Balaban J connectivity index is 1.97. The number of aromatic nitrogens is 1. The van der Waals surface area contributed by atoms with Crippen LogP contribution in [-0.4, -0.2) is 57.2 Å². The molecule has 0 aliphatic carbocycles. The third-order valence-electron chi connectivity index (χ3n) is 4.38. The molecule has 0 atom stereocenters. The van der Waals surface area contributed by atoms with Crippen molar-refractivity contribution in [1.82, 2.24) is 9.88 Å². The minimum atomic E-state index is -0.118. The second-order valence-electron chi connectivity index (χ2n) is 6.68. The first-order valence-electron chi connectivity index (χ1n) is 9.24. The molecule has 0 saturated heterocycles. The van der Waals surface area contributed by atoms with Gasteiger partial charge in [-0.05, 0) is 37.9 Å². The van der Waals surface area contributed by atoms with Crippen LogP contribution in [0.3, 0.4) is 0 Å². The van der Waals surface area contributed by atoms with Gasteiger partial charge in [0.1, 0.15) is 21.7 Å². The van der Waals surface area contributed by atoms with Crippen molar-refractivity contribution in [1.29, 1.82) is 0 Å². The predicted octanol–water partition coefficient (Wildman–Crippen LogP) is 3.92. The average molecular weight is 412 g/mol. The number of benzene rings is 2. The fraction of sp³-hybridized carbons (Fsp3) is 0.273. The molecule has 152 valence electrons. The van der Waals surface area contributed by atoms with Gasteiger partial charge in [-0.25, -0.2) is 4.98 Å². The second kappa shape index (κ2) is 9.54. The van der Waals surface area contributed by atoms with E-state index >= 15 is 0 Å². The van der Waals surface area contributed by atoms with Crippen molar-refractivity contribution in [3.8, 4) is 11.5 Å². The van der Waals surface area contributed by atoms with E-state index in [0.717, 1.165) is 16.8 Å². The van der Waals surface area contributed by atoms with Crippen LogP contribution in [0.4, 0.5) is 5.13 Å². The maximum atomic E-state index is 13.0. The lowest BCUT2D eigenvalue weighted by molar-refractivity contribution is -0.114. The van der Waals surface area contributed by atoms with Crippen LogP contribution >= 0.6 is 11.3 Å². The minimum absolute atomic E-state index is 0.118. The number of thiazole rings is 1. The number of fused-ring (bicyclic) bond motifs is 1. The topological polar surface area (TPSA) is 54.9 Å². The molecule has 1 heterocycles. The molecule has 0 saturated carbocycles. The van der Waals surface area contributed by atoms with Gasteiger partial charge in [0.15, 0.2) is 5.13 Å². The summed E-state index contributed by atoms with van der Waals surface area (Å²) in [4.78, 5) is 21.5. The van der Waals surface area contributed by atoms with E-state index in [0.29, 0.717) is 28.7 Å². The summed E-state index contributed by atoms with van der Waals surface area (Å²) in [5, 5.41) is 0.618. The van der Waals surface area contributed by atoms with Crippen LogP contribution in [0.25, 0.3) is 16.3 Å². The molecular weight excluding hydrogens is 386 g/mol. The molecule has 3 aromatic rings. The van der Waals surface area contributed by atoms with Gasteiger partial charge in [-0.15, -0.1) is 0 Å². The highest BCUT2D eigenvalue weighted by Crippen LogP contribution is 2.40. The summed E-state index contributed by atoms with van der Waals surface area (Å²) in [5.41, 5.74) is 1.67. The number of hydrogen-bond donors (Lipinski definition) is 0. The van der Waals surface area contributed by atoms with E-state index in [1.54, 1.807) is 25.2 Å². The molecule has 0 aliphatic heterocycles. The third kappa shape index (κ3) is 4.93. The van der Waals surface area contributed by atoms with E-state index in [1.807, 2.05) is 67.5 Å². The number of ether oxygens (including phenoxy) is 2. The van der Waals surface area contributed by atoms with E-state index in [9.17, 15) is 4.79 Å². The lowest BCUT2D eigenvalue weighted by atomic mass is 10.2. The number of nitrogens with zero attached hydrogens (tertiary/aromatic N) is 3. The second-order valence-corrected chi connectivity index (χ2v) is 7.66. The Kier molecular flexibility index (Phi) is 6.85. The molecule has 0 radical (unpaired) electrons. The Morgan fingerprint density at radius 3 is 2.38 bits per heavy atom. The molecule has 0 spiro atoms. The van der Waals surface area contributed by atoms with Gasteiger partial charge < -0.3 is 14.4 Å². The summed E-state index contributed by atoms with van der Waals surface area (Å²) in [5.74, 6) is 1.25. The highest BCUT2D eigenvalue weighted by molar-refractivity contribution is 7.22. The number of anilines is 1. The summed E-state index contributed by atoms with van der Waals surface area (Å²) in [7, 11) is 7.19. The normalized spacial score (nSPS) is 11.3. The van der Waals surface area contributed by atoms with E-state index in [2.05, 4.69) is 0 Å². The van der Waals surface area contributed by atoms with Crippen LogP contribution in [0.5, 0.6) is 11.5 Å². The molecule has 29 heavy (non-hydrogen) atoms. The van der Waals surface area contributed by atoms with Crippen LogP contribution in [-0.2, 0) is 4.79 Å². The van der Waals surface area contributed by atoms with Gasteiger partial charge in [0, 0.05) is 19.2 Å². The van der Waals surface area contributed by atoms with E-state index in [4.69, 9.17) is 14.5 Å². The summed E-state index contributed by atoms with van der Waals surface area (Å²) >= 11 is 1.42. The highest BCUT2D eigenvalue weighted by atomic mass is 32.1. The summed E-state index contributed by atoms with van der Waals surface area (Å²) in [6, 6.07) is 13.4. The summed E-state index contributed by atoms with van der Waals surface area (Å²) < 4.78 is 11.8. The minimum Gasteiger partial charge on any atom is -0.495 e. The van der Waals surface area contributed by atoms with Gasteiger partial charge in [-0.1, -0.05) is 41.7 Å². The van der Waals surface area contributed by atoms with Crippen LogP contribution < -0.4 is 14.4 Å². The number of hydrogen-bond acceptors (Lipinski definition) is 6. The van der Waals surface area contributed by atoms with Gasteiger partial charge >= 0.3 is 0 Å². The smallest absolute Gasteiger partial charge is 0.252 e. The van der Waals surface area contributed by atoms with E-state index in [-0.39, 0.29) is 5.91 Å². The molecule has 3 rings (SSSR count). The van der Waals surface area contributed by atoms with Gasteiger partial charge in [-0.3, -0.25) is 9.69 Å². The van der Waals surface area contributed by atoms with Crippen molar-refractivity contribution in [2.24, 2.45) is 0 Å². The van der Waals surface area contributed by atoms with Crippen LogP contribution in [0.1, 0.15) is 5.56 Å². The maximum Gasteiger partial charge on any atom is 0.252 e. The van der Waals surface area contributed by atoms with Crippen LogP contribution in [0, 0.1) is 0 Å². The van der Waals surface area contributed by atoms with E-state index in [1.165, 1.54) is 11.3 Å². The van der Waals surface area contributed by atoms with Crippen molar-refractivity contribution < 1.29 is 14.3 Å². The highest BCUT2D eigenvalue weighted by Gasteiger charge is 2.21. The number of rotatable bonds is 8. The molecule has 2 aromatic carbocycles.